The highest BCUT2D eigenvalue weighted by molar-refractivity contribution is 5.94. The summed E-state index contributed by atoms with van der Waals surface area (Å²) in [4.78, 5) is 15.1. The molecule has 1 amide bonds. The van der Waals surface area contributed by atoms with Crippen molar-refractivity contribution in [2.24, 2.45) is 5.41 Å². The van der Waals surface area contributed by atoms with Gasteiger partial charge in [0.1, 0.15) is 0 Å². The van der Waals surface area contributed by atoms with Crippen molar-refractivity contribution in [1.82, 2.24) is 10.2 Å². The van der Waals surface area contributed by atoms with E-state index in [1.54, 1.807) is 0 Å². The first kappa shape index (κ1) is 18.7. The van der Waals surface area contributed by atoms with Crippen LogP contribution in [0.15, 0.2) is 48.5 Å². The van der Waals surface area contributed by atoms with E-state index in [2.05, 4.69) is 11.4 Å². The minimum Gasteiger partial charge on any atom is -0.339 e. The Kier molecular flexibility index (Phi) is 5.45. The van der Waals surface area contributed by atoms with E-state index < -0.39 is 0 Å². The molecule has 2 aliphatic rings. The zero-order valence-corrected chi connectivity index (χ0v) is 16.3. The maximum atomic E-state index is 13.1. The van der Waals surface area contributed by atoms with E-state index in [1.165, 1.54) is 19.3 Å². The van der Waals surface area contributed by atoms with Crippen molar-refractivity contribution in [3.8, 4) is 17.2 Å². The standard InChI is InChI=1S/C24H27N3O/c25-18-21-4-1-2-5-22(21)19-6-8-20(9-7-19)23(28)27-16-3-10-24(13-17-27)11-14-26-15-12-24/h1-2,4-9,26H,3,10-17H2. The summed E-state index contributed by atoms with van der Waals surface area (Å²) in [6.45, 7) is 3.93. The molecule has 4 nitrogen and oxygen atoms in total. The Morgan fingerprint density at radius 1 is 0.964 bits per heavy atom. The van der Waals surface area contributed by atoms with Crippen molar-refractivity contribution >= 4 is 5.91 Å². The highest BCUT2D eigenvalue weighted by Gasteiger charge is 2.34. The number of nitrogens with one attached hydrogen (secondary N) is 1. The molecule has 144 valence electrons. The van der Waals surface area contributed by atoms with Crippen LogP contribution in [0, 0.1) is 16.7 Å². The van der Waals surface area contributed by atoms with Crippen molar-refractivity contribution in [2.75, 3.05) is 26.2 Å². The van der Waals surface area contributed by atoms with Crippen molar-refractivity contribution in [3.05, 3.63) is 59.7 Å². The molecule has 0 aliphatic carbocycles. The molecule has 2 heterocycles. The average molecular weight is 374 g/mol. The maximum absolute atomic E-state index is 13.1. The van der Waals surface area contributed by atoms with Gasteiger partial charge < -0.3 is 10.2 Å². The molecule has 2 aromatic rings. The van der Waals surface area contributed by atoms with E-state index in [9.17, 15) is 10.1 Å². The van der Waals surface area contributed by atoms with Gasteiger partial charge >= 0.3 is 0 Å². The highest BCUT2D eigenvalue weighted by atomic mass is 16.2. The Bertz CT molecular complexity index is 875. The van der Waals surface area contributed by atoms with Gasteiger partial charge in [0.2, 0.25) is 0 Å². The molecule has 0 bridgehead atoms. The third kappa shape index (κ3) is 3.81. The lowest BCUT2D eigenvalue weighted by Crippen LogP contribution is -2.38. The van der Waals surface area contributed by atoms with E-state index in [-0.39, 0.29) is 5.91 Å². The van der Waals surface area contributed by atoms with Gasteiger partial charge in [-0.25, -0.2) is 0 Å². The molecular weight excluding hydrogens is 346 g/mol. The third-order valence-electron chi connectivity index (χ3n) is 6.49. The number of carbonyl (C=O) groups excluding carboxylic acids is 1. The molecular formula is C24H27N3O. The molecule has 0 unspecified atom stereocenters. The zero-order chi connectivity index (χ0) is 19.4. The maximum Gasteiger partial charge on any atom is 0.253 e. The number of piperidine rings is 1. The van der Waals surface area contributed by atoms with E-state index in [0.717, 1.165) is 55.7 Å². The summed E-state index contributed by atoms with van der Waals surface area (Å²) in [5.41, 5.74) is 3.70. The lowest BCUT2D eigenvalue weighted by Gasteiger charge is -2.37. The Morgan fingerprint density at radius 3 is 2.46 bits per heavy atom. The quantitative estimate of drug-likeness (QED) is 0.857. The summed E-state index contributed by atoms with van der Waals surface area (Å²) < 4.78 is 0. The van der Waals surface area contributed by atoms with Crippen LogP contribution in [0.4, 0.5) is 0 Å². The van der Waals surface area contributed by atoms with Crippen LogP contribution >= 0.6 is 0 Å². The number of nitriles is 1. The van der Waals surface area contributed by atoms with E-state index in [0.29, 0.717) is 11.0 Å². The van der Waals surface area contributed by atoms with Gasteiger partial charge in [0, 0.05) is 18.7 Å². The van der Waals surface area contributed by atoms with Gasteiger partial charge in [0.05, 0.1) is 11.6 Å². The van der Waals surface area contributed by atoms with Crippen LogP contribution in [0.2, 0.25) is 0 Å². The molecule has 0 atom stereocenters. The monoisotopic (exact) mass is 373 g/mol. The first-order valence-corrected chi connectivity index (χ1v) is 10.3. The Morgan fingerprint density at radius 2 is 1.71 bits per heavy atom. The number of nitrogens with zero attached hydrogens (tertiary/aromatic N) is 2. The summed E-state index contributed by atoms with van der Waals surface area (Å²) >= 11 is 0. The lowest BCUT2D eigenvalue weighted by atomic mass is 9.73. The molecule has 0 radical (unpaired) electrons. The molecule has 2 aromatic carbocycles. The van der Waals surface area contributed by atoms with Gasteiger partial charge in [0.25, 0.3) is 5.91 Å². The predicted octanol–water partition coefficient (Wildman–Crippen LogP) is 4.22. The highest BCUT2D eigenvalue weighted by Crippen LogP contribution is 2.39. The fourth-order valence-corrected chi connectivity index (χ4v) is 4.72. The zero-order valence-electron chi connectivity index (χ0n) is 16.3. The average Bonchev–Trinajstić information content (AvgIpc) is 2.96. The van der Waals surface area contributed by atoms with E-state index in [4.69, 9.17) is 0 Å². The number of rotatable bonds is 2. The smallest absolute Gasteiger partial charge is 0.253 e. The van der Waals surface area contributed by atoms with Crippen LogP contribution < -0.4 is 5.32 Å². The van der Waals surface area contributed by atoms with Crippen molar-refractivity contribution in [2.45, 2.75) is 32.1 Å². The summed E-state index contributed by atoms with van der Waals surface area (Å²) in [5, 5.41) is 12.8. The van der Waals surface area contributed by atoms with Crippen molar-refractivity contribution in [1.29, 1.82) is 5.26 Å². The fourth-order valence-electron chi connectivity index (χ4n) is 4.72. The molecule has 1 spiro atoms. The Hall–Kier alpha value is -2.64. The minimum atomic E-state index is 0.131. The second-order valence-corrected chi connectivity index (χ2v) is 8.13. The number of hydrogen-bond acceptors (Lipinski definition) is 3. The molecule has 2 fully saturated rings. The number of benzene rings is 2. The van der Waals surface area contributed by atoms with Crippen LogP contribution in [-0.2, 0) is 0 Å². The molecule has 4 heteroatoms. The molecule has 2 saturated heterocycles. The molecule has 2 aliphatic heterocycles. The molecule has 28 heavy (non-hydrogen) atoms. The van der Waals surface area contributed by atoms with Crippen LogP contribution in [0.25, 0.3) is 11.1 Å². The molecule has 1 N–H and O–H groups in total. The van der Waals surface area contributed by atoms with Gasteiger partial charge in [-0.2, -0.15) is 5.26 Å². The second-order valence-electron chi connectivity index (χ2n) is 8.13. The third-order valence-corrected chi connectivity index (χ3v) is 6.49. The molecule has 0 aromatic heterocycles. The van der Waals surface area contributed by atoms with Gasteiger partial charge in [-0.15, -0.1) is 0 Å². The molecule has 0 saturated carbocycles. The van der Waals surface area contributed by atoms with Crippen LogP contribution in [0.1, 0.15) is 48.0 Å². The normalized spacial score (nSPS) is 19.0. The minimum absolute atomic E-state index is 0.131. The van der Waals surface area contributed by atoms with Gasteiger partial charge in [-0.1, -0.05) is 30.3 Å². The van der Waals surface area contributed by atoms with Gasteiger partial charge in [-0.05, 0) is 79.9 Å². The SMILES string of the molecule is N#Cc1ccccc1-c1ccc(C(=O)N2CCCC3(CCNCC3)CC2)cc1. The summed E-state index contributed by atoms with van der Waals surface area (Å²) in [7, 11) is 0. The fraction of sp³-hybridized carbons (Fsp3) is 0.417. The number of hydrogen-bond donors (Lipinski definition) is 1. The number of carbonyl (C=O) groups is 1. The van der Waals surface area contributed by atoms with Crippen LogP contribution in [-0.4, -0.2) is 37.0 Å². The summed E-state index contributed by atoms with van der Waals surface area (Å²) in [6, 6.07) is 17.5. The largest absolute Gasteiger partial charge is 0.339 e. The van der Waals surface area contributed by atoms with Gasteiger partial charge in [0.15, 0.2) is 0 Å². The Balaban J connectivity index is 1.47. The number of amides is 1. The summed E-state index contributed by atoms with van der Waals surface area (Å²) in [6.07, 6.45) is 5.93. The van der Waals surface area contributed by atoms with Crippen molar-refractivity contribution in [3.63, 3.8) is 0 Å². The van der Waals surface area contributed by atoms with Crippen LogP contribution in [0.3, 0.4) is 0 Å². The van der Waals surface area contributed by atoms with Gasteiger partial charge in [-0.3, -0.25) is 4.79 Å². The molecule has 4 rings (SSSR count). The lowest BCUT2D eigenvalue weighted by molar-refractivity contribution is 0.0750. The van der Waals surface area contributed by atoms with Crippen molar-refractivity contribution < 1.29 is 4.79 Å². The number of likely N-dealkylation sites (tertiary alicyclic amines) is 1. The second kappa shape index (κ2) is 8.16. The first-order valence-electron chi connectivity index (χ1n) is 10.3. The van der Waals surface area contributed by atoms with Crippen LogP contribution in [0.5, 0.6) is 0 Å². The topological polar surface area (TPSA) is 56.1 Å². The van der Waals surface area contributed by atoms with E-state index in [1.807, 2.05) is 53.4 Å². The van der Waals surface area contributed by atoms with E-state index >= 15 is 0 Å². The predicted molar refractivity (Wildman–Crippen MR) is 111 cm³/mol. The summed E-state index contributed by atoms with van der Waals surface area (Å²) in [5.74, 6) is 0.131. The Labute approximate surface area is 167 Å². The first-order chi connectivity index (χ1) is 13.7.